The van der Waals surface area contributed by atoms with Crippen LogP contribution in [0.5, 0.6) is 11.6 Å². The zero-order valence-corrected chi connectivity index (χ0v) is 16.3. The molecule has 2 aromatic carbocycles. The van der Waals surface area contributed by atoms with E-state index < -0.39 is 11.5 Å². The highest BCUT2D eigenvalue weighted by molar-refractivity contribution is 5.61. The van der Waals surface area contributed by atoms with Crippen LogP contribution in [-0.4, -0.2) is 32.3 Å². The van der Waals surface area contributed by atoms with E-state index in [1.54, 1.807) is 36.4 Å². The fraction of sp³-hybridized carbons (Fsp3) is 0.143. The first-order valence-electron chi connectivity index (χ1n) is 9.10. The van der Waals surface area contributed by atoms with Gasteiger partial charge in [0.05, 0.1) is 18.5 Å². The van der Waals surface area contributed by atoms with Gasteiger partial charge in [-0.3, -0.25) is 0 Å². The van der Waals surface area contributed by atoms with E-state index in [-0.39, 0.29) is 12.4 Å². The number of aromatic amines is 1. The topological polar surface area (TPSA) is 94.9 Å². The quantitative estimate of drug-likeness (QED) is 0.528. The van der Waals surface area contributed by atoms with E-state index in [1.807, 2.05) is 19.1 Å². The normalized spacial score (nSPS) is 10.8. The van der Waals surface area contributed by atoms with E-state index in [2.05, 4.69) is 20.5 Å². The standard InChI is InChI=1S/C21H18FN5O3/c1-13-5-3-7-18(27-21(28)24-25-26-27)15(13)12-30-20-8-4-6-17(23-20)14-9-10-19(29-2)16(22)11-14/h3-11H,12H2,1-2H3,(H,24,26,28). The summed E-state index contributed by atoms with van der Waals surface area (Å²) in [6.45, 7) is 2.08. The average molecular weight is 407 g/mol. The Morgan fingerprint density at radius 2 is 1.97 bits per heavy atom. The van der Waals surface area contributed by atoms with E-state index in [4.69, 9.17) is 9.47 Å². The molecular weight excluding hydrogens is 389 g/mol. The van der Waals surface area contributed by atoms with Gasteiger partial charge in [-0.15, -0.1) is 0 Å². The highest BCUT2D eigenvalue weighted by Gasteiger charge is 2.13. The van der Waals surface area contributed by atoms with Gasteiger partial charge in [-0.05, 0) is 53.2 Å². The van der Waals surface area contributed by atoms with Crippen LogP contribution < -0.4 is 15.2 Å². The summed E-state index contributed by atoms with van der Waals surface area (Å²) in [6, 6.07) is 15.4. The number of tetrazole rings is 1. The maximum Gasteiger partial charge on any atom is 0.365 e. The molecule has 0 saturated heterocycles. The molecule has 4 rings (SSSR count). The summed E-state index contributed by atoms with van der Waals surface area (Å²) < 4.78 is 26.1. The highest BCUT2D eigenvalue weighted by Crippen LogP contribution is 2.26. The van der Waals surface area contributed by atoms with Crippen LogP contribution in [0.15, 0.2) is 59.4 Å². The second-order valence-electron chi connectivity index (χ2n) is 6.49. The van der Waals surface area contributed by atoms with Gasteiger partial charge in [0, 0.05) is 17.2 Å². The Morgan fingerprint density at radius 3 is 2.70 bits per heavy atom. The molecule has 152 valence electrons. The smallest absolute Gasteiger partial charge is 0.365 e. The maximum absolute atomic E-state index is 14.0. The highest BCUT2D eigenvalue weighted by atomic mass is 19.1. The van der Waals surface area contributed by atoms with Gasteiger partial charge in [-0.25, -0.2) is 19.3 Å². The number of hydrogen-bond donors (Lipinski definition) is 1. The molecule has 4 aromatic rings. The van der Waals surface area contributed by atoms with Crippen LogP contribution >= 0.6 is 0 Å². The summed E-state index contributed by atoms with van der Waals surface area (Å²) in [5.74, 6) is 0.0671. The predicted molar refractivity (Wildman–Crippen MR) is 107 cm³/mol. The van der Waals surface area contributed by atoms with Gasteiger partial charge in [-0.2, -0.15) is 4.68 Å². The van der Waals surface area contributed by atoms with Gasteiger partial charge in [0.2, 0.25) is 5.88 Å². The number of ether oxygens (including phenoxy) is 2. The fourth-order valence-electron chi connectivity index (χ4n) is 3.06. The molecular formula is C21H18FN5O3. The molecule has 0 saturated carbocycles. The van der Waals surface area contributed by atoms with Crippen LogP contribution in [0.25, 0.3) is 16.9 Å². The van der Waals surface area contributed by atoms with E-state index in [0.717, 1.165) is 11.1 Å². The molecule has 0 amide bonds. The van der Waals surface area contributed by atoms with Crippen molar-refractivity contribution < 1.29 is 13.9 Å². The summed E-state index contributed by atoms with van der Waals surface area (Å²) in [5, 5.41) is 9.61. The molecule has 0 unspecified atom stereocenters. The number of aryl methyl sites for hydroxylation is 1. The molecule has 0 radical (unpaired) electrons. The zero-order valence-electron chi connectivity index (χ0n) is 16.3. The Morgan fingerprint density at radius 1 is 1.13 bits per heavy atom. The van der Waals surface area contributed by atoms with Crippen LogP contribution in [-0.2, 0) is 6.61 Å². The number of benzene rings is 2. The van der Waals surface area contributed by atoms with Crippen LogP contribution in [0.1, 0.15) is 11.1 Å². The minimum atomic E-state index is -0.467. The van der Waals surface area contributed by atoms with E-state index >= 15 is 0 Å². The van der Waals surface area contributed by atoms with E-state index in [0.29, 0.717) is 22.8 Å². The molecule has 1 N–H and O–H groups in total. The first kappa shape index (κ1) is 19.3. The van der Waals surface area contributed by atoms with E-state index in [1.165, 1.54) is 17.9 Å². The number of nitrogens with one attached hydrogen (secondary N) is 1. The Kier molecular flexibility index (Phi) is 5.25. The first-order chi connectivity index (χ1) is 14.6. The van der Waals surface area contributed by atoms with Gasteiger partial charge < -0.3 is 9.47 Å². The number of H-pyrrole nitrogens is 1. The van der Waals surface area contributed by atoms with E-state index in [9.17, 15) is 9.18 Å². The summed E-state index contributed by atoms with van der Waals surface area (Å²) >= 11 is 0. The SMILES string of the molecule is COc1ccc(-c2cccc(OCc3c(C)cccc3-n3nn[nH]c3=O)n2)cc1F. The maximum atomic E-state index is 14.0. The number of aromatic nitrogens is 5. The lowest BCUT2D eigenvalue weighted by Gasteiger charge is -2.13. The predicted octanol–water partition coefficient (Wildman–Crippen LogP) is 3.05. The van der Waals surface area contributed by atoms with Crippen molar-refractivity contribution in [2.45, 2.75) is 13.5 Å². The van der Waals surface area contributed by atoms with Crippen molar-refractivity contribution in [3.8, 4) is 28.6 Å². The van der Waals surface area contributed by atoms with Crippen molar-refractivity contribution in [1.82, 2.24) is 25.2 Å². The zero-order chi connectivity index (χ0) is 21.1. The molecule has 0 atom stereocenters. The Bertz CT molecular complexity index is 1250. The lowest BCUT2D eigenvalue weighted by molar-refractivity contribution is 0.293. The molecule has 2 aromatic heterocycles. The number of halogens is 1. The third-order valence-corrected chi connectivity index (χ3v) is 4.62. The number of pyridine rings is 1. The average Bonchev–Trinajstić information content (AvgIpc) is 3.18. The molecule has 0 aliphatic carbocycles. The van der Waals surface area contributed by atoms with Gasteiger partial charge in [0.25, 0.3) is 0 Å². The number of rotatable bonds is 6. The molecule has 2 heterocycles. The van der Waals surface area contributed by atoms with Crippen molar-refractivity contribution in [1.29, 1.82) is 0 Å². The van der Waals surface area contributed by atoms with Gasteiger partial charge >= 0.3 is 5.69 Å². The van der Waals surface area contributed by atoms with Crippen molar-refractivity contribution in [3.05, 3.63) is 82.0 Å². The number of hydrogen-bond acceptors (Lipinski definition) is 6. The Hall–Kier alpha value is -4.01. The molecule has 0 spiro atoms. The van der Waals surface area contributed by atoms with Crippen molar-refractivity contribution in [3.63, 3.8) is 0 Å². The van der Waals surface area contributed by atoms with Crippen LogP contribution in [0.4, 0.5) is 4.39 Å². The van der Waals surface area contributed by atoms with Crippen LogP contribution in [0, 0.1) is 12.7 Å². The Labute approximate surface area is 170 Å². The number of methoxy groups -OCH3 is 1. The molecule has 0 fully saturated rings. The van der Waals surface area contributed by atoms with Crippen LogP contribution in [0.2, 0.25) is 0 Å². The molecule has 0 aliphatic heterocycles. The summed E-state index contributed by atoms with van der Waals surface area (Å²) in [5.41, 5.74) is 2.99. The fourth-order valence-corrected chi connectivity index (χ4v) is 3.06. The Balaban J connectivity index is 1.60. The molecule has 8 nitrogen and oxygen atoms in total. The largest absolute Gasteiger partial charge is 0.494 e. The third kappa shape index (κ3) is 3.77. The lowest BCUT2D eigenvalue weighted by atomic mass is 10.1. The first-order valence-corrected chi connectivity index (χ1v) is 9.10. The minimum Gasteiger partial charge on any atom is -0.494 e. The van der Waals surface area contributed by atoms with Crippen molar-refractivity contribution >= 4 is 0 Å². The summed E-state index contributed by atoms with van der Waals surface area (Å²) in [7, 11) is 1.41. The molecule has 0 aliphatic rings. The van der Waals surface area contributed by atoms with Gasteiger partial charge in [0.1, 0.15) is 6.61 Å². The van der Waals surface area contributed by atoms with Gasteiger partial charge in [0.15, 0.2) is 11.6 Å². The third-order valence-electron chi connectivity index (χ3n) is 4.62. The summed E-state index contributed by atoms with van der Waals surface area (Å²) in [6.07, 6.45) is 0. The molecule has 9 heteroatoms. The minimum absolute atomic E-state index is 0.161. The molecule has 0 bridgehead atoms. The second kappa shape index (κ2) is 8.16. The van der Waals surface area contributed by atoms with Gasteiger partial charge in [-0.1, -0.05) is 18.2 Å². The lowest BCUT2D eigenvalue weighted by Crippen LogP contribution is -2.18. The number of nitrogens with zero attached hydrogens (tertiary/aromatic N) is 4. The van der Waals surface area contributed by atoms with Crippen molar-refractivity contribution in [2.75, 3.05) is 7.11 Å². The molecule has 30 heavy (non-hydrogen) atoms. The monoisotopic (exact) mass is 407 g/mol. The second-order valence-corrected chi connectivity index (χ2v) is 6.49. The van der Waals surface area contributed by atoms with Crippen molar-refractivity contribution in [2.24, 2.45) is 0 Å². The summed E-state index contributed by atoms with van der Waals surface area (Å²) in [4.78, 5) is 16.4. The van der Waals surface area contributed by atoms with Crippen LogP contribution in [0.3, 0.4) is 0 Å².